The van der Waals surface area contributed by atoms with Crippen LogP contribution in [0.4, 0.5) is 5.69 Å². The van der Waals surface area contributed by atoms with E-state index >= 15 is 0 Å². The Balaban J connectivity index is 2.13. The highest BCUT2D eigenvalue weighted by Gasteiger charge is 2.56. The second-order valence-electron chi connectivity index (χ2n) is 5.90. The highest BCUT2D eigenvalue weighted by atomic mass is 32.2. The maximum absolute atomic E-state index is 13.1. The number of carbonyl (C=O) groups excluding carboxylic acids is 1. The summed E-state index contributed by atoms with van der Waals surface area (Å²) < 4.78 is 26.6. The zero-order valence-electron chi connectivity index (χ0n) is 13.1. The summed E-state index contributed by atoms with van der Waals surface area (Å²) in [7, 11) is -4.11. The lowest BCUT2D eigenvalue weighted by atomic mass is 9.91. The molecular weight excluding hydrogens is 352 g/mol. The lowest BCUT2D eigenvalue weighted by molar-refractivity contribution is -0.387. The molecule has 0 unspecified atom stereocenters. The minimum Gasteiger partial charge on any atom is -0.298 e. The van der Waals surface area contributed by atoms with E-state index in [-0.39, 0.29) is 17.1 Å². The molecule has 3 rings (SSSR count). The van der Waals surface area contributed by atoms with Crippen molar-refractivity contribution in [3.8, 4) is 0 Å². The minimum absolute atomic E-state index is 0.0102. The van der Waals surface area contributed by atoms with Gasteiger partial charge in [0.2, 0.25) is 0 Å². The zero-order chi connectivity index (χ0) is 17.7. The third kappa shape index (κ3) is 2.30. The average Bonchev–Trinajstić information content (AvgIpc) is 2.93. The largest absolute Gasteiger partial charge is 0.298 e. The summed E-state index contributed by atoms with van der Waals surface area (Å²) in [6, 6.07) is 4.05. The van der Waals surface area contributed by atoms with Crippen LogP contribution < -0.4 is 0 Å². The number of hydrogen-bond donors (Lipinski definition) is 0. The first kappa shape index (κ1) is 17.1. The Morgan fingerprint density at radius 2 is 2.00 bits per heavy atom. The van der Waals surface area contributed by atoms with Crippen LogP contribution in [0.15, 0.2) is 41.3 Å². The van der Waals surface area contributed by atoms with Crippen LogP contribution in [-0.2, 0) is 14.8 Å². The van der Waals surface area contributed by atoms with Crippen molar-refractivity contribution in [3.63, 3.8) is 0 Å². The van der Waals surface area contributed by atoms with Gasteiger partial charge in [-0.1, -0.05) is 24.3 Å². The van der Waals surface area contributed by atoms with Crippen molar-refractivity contribution in [2.75, 3.05) is 6.26 Å². The predicted molar refractivity (Wildman–Crippen MR) is 90.4 cm³/mol. The van der Waals surface area contributed by atoms with Crippen LogP contribution in [0.1, 0.15) is 13.3 Å². The summed E-state index contributed by atoms with van der Waals surface area (Å²) in [5, 5.41) is 11.2. The molecule has 0 aliphatic carbocycles. The van der Waals surface area contributed by atoms with E-state index < -0.39 is 37.5 Å². The van der Waals surface area contributed by atoms with Gasteiger partial charge in [-0.2, -0.15) is 4.31 Å². The van der Waals surface area contributed by atoms with Gasteiger partial charge in [0.15, 0.2) is 10.7 Å². The molecule has 2 aliphatic heterocycles. The summed E-state index contributed by atoms with van der Waals surface area (Å²) in [4.78, 5) is 22.6. The number of nitrogens with zero attached hydrogens (tertiary/aromatic N) is 2. The molecular formula is C15H16N2O5S2. The van der Waals surface area contributed by atoms with Gasteiger partial charge in [0, 0.05) is 12.5 Å². The van der Waals surface area contributed by atoms with Gasteiger partial charge in [-0.05, 0) is 19.2 Å². The predicted octanol–water partition coefficient (Wildman–Crippen LogP) is 1.99. The summed E-state index contributed by atoms with van der Waals surface area (Å²) in [6.07, 6.45) is 5.26. The summed E-state index contributed by atoms with van der Waals surface area (Å²) in [5.74, 6) is -0.0102. The van der Waals surface area contributed by atoms with Gasteiger partial charge < -0.3 is 0 Å². The number of Topliss-reactive ketones (excluding diaryl/α,β-unsaturated/α-hetero) is 1. The Hall–Kier alpha value is -1.71. The van der Waals surface area contributed by atoms with Crippen LogP contribution in [0.2, 0.25) is 0 Å². The van der Waals surface area contributed by atoms with Gasteiger partial charge in [-0.3, -0.25) is 14.9 Å². The Bertz CT molecular complexity index is 851. The average molecular weight is 368 g/mol. The van der Waals surface area contributed by atoms with Crippen LogP contribution in [0.25, 0.3) is 0 Å². The Morgan fingerprint density at radius 3 is 2.62 bits per heavy atom. The molecule has 2 heterocycles. The maximum atomic E-state index is 13.1. The van der Waals surface area contributed by atoms with E-state index in [1.165, 1.54) is 40.3 Å². The van der Waals surface area contributed by atoms with Gasteiger partial charge in [-0.25, -0.2) is 8.42 Å². The molecule has 1 aromatic rings. The number of sulfonamides is 1. The molecule has 0 radical (unpaired) electrons. The van der Waals surface area contributed by atoms with E-state index in [9.17, 15) is 23.3 Å². The molecule has 2 bridgehead atoms. The van der Waals surface area contributed by atoms with E-state index in [1.54, 1.807) is 25.3 Å². The van der Waals surface area contributed by atoms with Gasteiger partial charge in [0.05, 0.1) is 21.8 Å². The lowest BCUT2D eigenvalue weighted by Crippen LogP contribution is -2.59. The van der Waals surface area contributed by atoms with Crippen molar-refractivity contribution in [3.05, 3.63) is 46.5 Å². The molecule has 0 spiro atoms. The molecule has 3 atom stereocenters. The second kappa shape index (κ2) is 5.68. The topological polar surface area (TPSA) is 97.6 Å². The number of para-hydroxylation sites is 1. The smallest absolute Gasteiger partial charge is 0.289 e. The number of rotatable bonds is 4. The molecule has 128 valence electrons. The van der Waals surface area contributed by atoms with Gasteiger partial charge in [0.25, 0.3) is 15.7 Å². The van der Waals surface area contributed by atoms with Crippen LogP contribution in [0.5, 0.6) is 0 Å². The summed E-state index contributed by atoms with van der Waals surface area (Å²) in [6.45, 7) is 1.72. The van der Waals surface area contributed by atoms with E-state index in [2.05, 4.69) is 0 Å². The van der Waals surface area contributed by atoms with Crippen molar-refractivity contribution < 1.29 is 18.1 Å². The molecule has 0 aromatic heterocycles. The number of thioether (sulfide) groups is 1. The molecule has 0 saturated carbocycles. The van der Waals surface area contributed by atoms with Crippen molar-refractivity contribution in [1.29, 1.82) is 0 Å². The van der Waals surface area contributed by atoms with Gasteiger partial charge in [0.1, 0.15) is 0 Å². The maximum Gasteiger partial charge on any atom is 0.289 e. The minimum atomic E-state index is -4.11. The highest BCUT2D eigenvalue weighted by molar-refractivity contribution is 8.00. The van der Waals surface area contributed by atoms with Gasteiger partial charge in [-0.15, -0.1) is 11.8 Å². The van der Waals surface area contributed by atoms with E-state index in [4.69, 9.17) is 0 Å². The molecule has 1 saturated heterocycles. The monoisotopic (exact) mass is 368 g/mol. The first-order chi connectivity index (χ1) is 11.2. The third-order valence-corrected chi connectivity index (χ3v) is 7.94. The van der Waals surface area contributed by atoms with E-state index in [0.717, 1.165) is 0 Å². The quantitative estimate of drug-likeness (QED) is 0.458. The van der Waals surface area contributed by atoms with Crippen molar-refractivity contribution in [2.45, 2.75) is 35.1 Å². The fraction of sp³-hybridized carbons (Fsp3) is 0.400. The van der Waals surface area contributed by atoms with Gasteiger partial charge >= 0.3 is 0 Å². The number of carbonyl (C=O) groups is 1. The zero-order valence-corrected chi connectivity index (χ0v) is 14.7. The number of fused-ring (bicyclic) bond motifs is 2. The first-order valence-corrected chi connectivity index (χ1v) is 9.93. The normalized spacial score (nSPS) is 29.8. The van der Waals surface area contributed by atoms with Crippen LogP contribution in [-0.4, -0.2) is 46.5 Å². The number of piperidine rings is 1. The molecule has 2 aliphatic rings. The van der Waals surface area contributed by atoms with Crippen molar-refractivity contribution >= 4 is 33.3 Å². The van der Waals surface area contributed by atoms with Crippen LogP contribution >= 0.6 is 11.8 Å². The fourth-order valence-corrected chi connectivity index (χ4v) is 6.03. The third-order valence-electron chi connectivity index (χ3n) is 4.67. The molecule has 0 amide bonds. The molecule has 7 nitrogen and oxygen atoms in total. The SMILES string of the molecule is CS[C@]1(C)C(=O)C[C@@H]2C=C[C@H]1N2S(=O)(=O)c1ccccc1[N+](=O)[O-]. The number of nitro groups is 1. The van der Waals surface area contributed by atoms with E-state index in [1.807, 2.05) is 0 Å². The van der Waals surface area contributed by atoms with Crippen molar-refractivity contribution in [2.24, 2.45) is 0 Å². The summed E-state index contributed by atoms with van der Waals surface area (Å²) >= 11 is 1.30. The number of ketones is 1. The fourth-order valence-electron chi connectivity index (χ4n) is 3.25. The lowest BCUT2D eigenvalue weighted by Gasteiger charge is -2.43. The number of hydrogen-bond acceptors (Lipinski definition) is 6. The molecule has 1 fully saturated rings. The number of nitro benzene ring substituents is 1. The standard InChI is InChI=1S/C15H16N2O5S2/c1-15(23-2)13-8-7-10(9-14(15)18)16(13)24(21,22)12-6-4-3-5-11(12)17(19)20/h3-8,10,13H,9H2,1-2H3/t10-,13+,15-/m0/s1. The first-order valence-electron chi connectivity index (χ1n) is 7.27. The molecule has 9 heteroatoms. The Morgan fingerprint density at radius 1 is 1.33 bits per heavy atom. The summed E-state index contributed by atoms with van der Waals surface area (Å²) in [5.41, 5.74) is -0.459. The van der Waals surface area contributed by atoms with E-state index in [0.29, 0.717) is 0 Å². The molecule has 0 N–H and O–H groups in total. The van der Waals surface area contributed by atoms with Crippen molar-refractivity contribution in [1.82, 2.24) is 4.31 Å². The highest BCUT2D eigenvalue weighted by Crippen LogP contribution is 2.45. The molecule has 1 aromatic carbocycles. The second-order valence-corrected chi connectivity index (χ2v) is 8.96. The number of benzene rings is 1. The Kier molecular flexibility index (Phi) is 4.05. The molecule has 24 heavy (non-hydrogen) atoms. The Labute approximate surface area is 143 Å². The van der Waals surface area contributed by atoms with Crippen LogP contribution in [0, 0.1) is 10.1 Å². The van der Waals surface area contributed by atoms with Crippen LogP contribution in [0.3, 0.4) is 0 Å².